The summed E-state index contributed by atoms with van der Waals surface area (Å²) in [6, 6.07) is 5.30. The van der Waals surface area contributed by atoms with Gasteiger partial charge in [0.2, 0.25) is 5.91 Å². The van der Waals surface area contributed by atoms with E-state index in [1.807, 2.05) is 19.2 Å². The summed E-state index contributed by atoms with van der Waals surface area (Å²) in [5.41, 5.74) is 0.901. The van der Waals surface area contributed by atoms with Gasteiger partial charge in [-0.15, -0.1) is 0 Å². The third-order valence-corrected chi connectivity index (χ3v) is 4.65. The van der Waals surface area contributed by atoms with Crippen LogP contribution in [-0.4, -0.2) is 40.6 Å². The van der Waals surface area contributed by atoms with Crippen LogP contribution in [0.25, 0.3) is 0 Å². The highest BCUT2D eigenvalue weighted by atomic mass is 35.5. The molecule has 1 unspecified atom stereocenters. The molecule has 1 aromatic carbocycles. The van der Waals surface area contributed by atoms with Crippen molar-refractivity contribution in [2.24, 2.45) is 0 Å². The van der Waals surface area contributed by atoms with E-state index in [9.17, 15) is 4.79 Å². The molecule has 0 bridgehead atoms. The van der Waals surface area contributed by atoms with E-state index in [-0.39, 0.29) is 17.8 Å². The maximum Gasteiger partial charge on any atom is 0.224 e. The van der Waals surface area contributed by atoms with Gasteiger partial charge in [-0.25, -0.2) is 0 Å². The van der Waals surface area contributed by atoms with Crippen LogP contribution >= 0.6 is 35.0 Å². The molecule has 0 aliphatic carbocycles. The predicted octanol–water partition coefficient (Wildman–Crippen LogP) is 3.46. The van der Waals surface area contributed by atoms with Gasteiger partial charge in [0.05, 0.1) is 16.7 Å². The summed E-state index contributed by atoms with van der Waals surface area (Å²) < 4.78 is 0. The SMILES string of the molecule is CSC(C)CC(=O)N(CCO)Cc1ccc(Cl)c(Cl)c1. The number of carbonyl (C=O) groups excluding carboxylic acids is 1. The largest absolute Gasteiger partial charge is 0.395 e. The highest BCUT2D eigenvalue weighted by Gasteiger charge is 2.16. The zero-order valence-electron chi connectivity index (χ0n) is 11.6. The van der Waals surface area contributed by atoms with E-state index >= 15 is 0 Å². The smallest absolute Gasteiger partial charge is 0.224 e. The molecule has 0 aromatic heterocycles. The number of aliphatic hydroxyl groups excluding tert-OH is 1. The van der Waals surface area contributed by atoms with Crippen molar-refractivity contribution in [2.45, 2.75) is 25.1 Å². The molecular formula is C14H19Cl2NO2S. The van der Waals surface area contributed by atoms with Crippen LogP contribution in [0.15, 0.2) is 18.2 Å². The Balaban J connectivity index is 2.75. The number of rotatable bonds is 7. The topological polar surface area (TPSA) is 40.5 Å². The lowest BCUT2D eigenvalue weighted by Gasteiger charge is -2.23. The van der Waals surface area contributed by atoms with Crippen molar-refractivity contribution < 1.29 is 9.90 Å². The Kier molecular flexibility index (Phi) is 7.74. The lowest BCUT2D eigenvalue weighted by Crippen LogP contribution is -2.34. The van der Waals surface area contributed by atoms with Crippen LogP contribution < -0.4 is 0 Å². The quantitative estimate of drug-likeness (QED) is 0.829. The number of thioether (sulfide) groups is 1. The predicted molar refractivity (Wildman–Crippen MR) is 86.6 cm³/mol. The zero-order valence-corrected chi connectivity index (χ0v) is 13.9. The highest BCUT2D eigenvalue weighted by molar-refractivity contribution is 7.99. The van der Waals surface area contributed by atoms with Gasteiger partial charge in [-0.2, -0.15) is 11.8 Å². The first-order chi connectivity index (χ1) is 9.47. The number of nitrogens with zero attached hydrogens (tertiary/aromatic N) is 1. The minimum atomic E-state index is -0.0549. The van der Waals surface area contributed by atoms with Gasteiger partial charge < -0.3 is 10.0 Å². The molecular weight excluding hydrogens is 317 g/mol. The van der Waals surface area contributed by atoms with E-state index in [1.54, 1.807) is 28.8 Å². The number of hydrogen-bond donors (Lipinski definition) is 1. The van der Waals surface area contributed by atoms with Crippen LogP contribution in [0, 0.1) is 0 Å². The van der Waals surface area contributed by atoms with Crippen molar-refractivity contribution in [1.29, 1.82) is 0 Å². The molecule has 0 spiro atoms. The van der Waals surface area contributed by atoms with E-state index < -0.39 is 0 Å². The summed E-state index contributed by atoms with van der Waals surface area (Å²) in [6.45, 7) is 2.71. The average Bonchev–Trinajstić information content (AvgIpc) is 2.42. The summed E-state index contributed by atoms with van der Waals surface area (Å²) in [6.07, 6.45) is 2.44. The first-order valence-electron chi connectivity index (χ1n) is 6.33. The minimum absolute atomic E-state index is 0.0342. The molecule has 0 aliphatic rings. The van der Waals surface area contributed by atoms with Crippen molar-refractivity contribution in [1.82, 2.24) is 4.90 Å². The molecule has 0 saturated carbocycles. The number of amides is 1. The Morgan fingerprint density at radius 1 is 1.40 bits per heavy atom. The van der Waals surface area contributed by atoms with Gasteiger partial charge >= 0.3 is 0 Å². The van der Waals surface area contributed by atoms with E-state index in [2.05, 4.69) is 0 Å². The van der Waals surface area contributed by atoms with Crippen LogP contribution in [0.1, 0.15) is 18.9 Å². The molecule has 0 radical (unpaired) electrons. The lowest BCUT2D eigenvalue weighted by atomic mass is 10.2. The maximum absolute atomic E-state index is 12.2. The number of aliphatic hydroxyl groups is 1. The first kappa shape index (κ1) is 17.6. The molecule has 0 aliphatic heterocycles. The fourth-order valence-corrected chi connectivity index (χ4v) is 2.36. The number of halogens is 2. The van der Waals surface area contributed by atoms with Crippen molar-refractivity contribution in [3.63, 3.8) is 0 Å². The van der Waals surface area contributed by atoms with Gasteiger partial charge in [-0.05, 0) is 24.0 Å². The Hall–Kier alpha value is -0.420. The molecule has 0 fully saturated rings. The van der Waals surface area contributed by atoms with Crippen LogP contribution in [-0.2, 0) is 11.3 Å². The molecule has 1 atom stereocenters. The second kappa shape index (κ2) is 8.78. The normalized spacial score (nSPS) is 12.2. The molecule has 1 aromatic rings. The first-order valence-corrected chi connectivity index (χ1v) is 8.37. The van der Waals surface area contributed by atoms with Crippen molar-refractivity contribution in [3.05, 3.63) is 33.8 Å². The van der Waals surface area contributed by atoms with Gasteiger partial charge in [0, 0.05) is 24.8 Å². The summed E-state index contributed by atoms with van der Waals surface area (Å²) in [5.74, 6) is 0.0342. The number of benzene rings is 1. The van der Waals surface area contributed by atoms with Crippen LogP contribution in [0.2, 0.25) is 10.0 Å². The molecule has 3 nitrogen and oxygen atoms in total. The Morgan fingerprint density at radius 3 is 2.65 bits per heavy atom. The molecule has 1 amide bonds. The van der Waals surface area contributed by atoms with Crippen molar-refractivity contribution in [2.75, 3.05) is 19.4 Å². The third-order valence-electron chi connectivity index (χ3n) is 2.94. The molecule has 20 heavy (non-hydrogen) atoms. The zero-order chi connectivity index (χ0) is 15.1. The third kappa shape index (κ3) is 5.52. The summed E-state index contributed by atoms with van der Waals surface area (Å²) in [7, 11) is 0. The van der Waals surface area contributed by atoms with Gasteiger partial charge in [0.1, 0.15) is 0 Å². The second-order valence-electron chi connectivity index (χ2n) is 4.54. The minimum Gasteiger partial charge on any atom is -0.395 e. The molecule has 112 valence electrons. The second-order valence-corrected chi connectivity index (χ2v) is 6.63. The number of carbonyl (C=O) groups is 1. The lowest BCUT2D eigenvalue weighted by molar-refractivity contribution is -0.132. The Labute approximate surface area is 134 Å². The summed E-state index contributed by atoms with van der Waals surface area (Å²) >= 11 is 13.5. The van der Waals surface area contributed by atoms with Crippen molar-refractivity contribution >= 4 is 40.9 Å². The maximum atomic E-state index is 12.2. The average molecular weight is 336 g/mol. The fourth-order valence-electron chi connectivity index (χ4n) is 1.73. The highest BCUT2D eigenvalue weighted by Crippen LogP contribution is 2.23. The molecule has 0 heterocycles. The van der Waals surface area contributed by atoms with Gasteiger partial charge in [-0.3, -0.25) is 4.79 Å². The number of hydrogen-bond acceptors (Lipinski definition) is 3. The van der Waals surface area contributed by atoms with E-state index in [4.69, 9.17) is 28.3 Å². The van der Waals surface area contributed by atoms with Gasteiger partial charge in [0.15, 0.2) is 0 Å². The molecule has 0 saturated heterocycles. The van der Waals surface area contributed by atoms with E-state index in [1.165, 1.54) is 0 Å². The molecule has 6 heteroatoms. The molecule has 1 N–H and O–H groups in total. The van der Waals surface area contributed by atoms with Crippen LogP contribution in [0.4, 0.5) is 0 Å². The Bertz CT molecular complexity index is 457. The van der Waals surface area contributed by atoms with Crippen LogP contribution in [0.5, 0.6) is 0 Å². The monoisotopic (exact) mass is 335 g/mol. The van der Waals surface area contributed by atoms with Crippen molar-refractivity contribution in [3.8, 4) is 0 Å². The van der Waals surface area contributed by atoms with Crippen LogP contribution in [0.3, 0.4) is 0 Å². The standard InChI is InChI=1S/C14H19Cl2NO2S/c1-10(20-2)7-14(19)17(5-6-18)9-11-3-4-12(15)13(16)8-11/h3-4,8,10,18H,5-7,9H2,1-2H3. The fraction of sp³-hybridized carbons (Fsp3) is 0.500. The molecule has 1 rings (SSSR count). The Morgan fingerprint density at radius 2 is 2.10 bits per heavy atom. The summed E-state index contributed by atoms with van der Waals surface area (Å²) in [5, 5.41) is 10.3. The van der Waals surface area contributed by atoms with Gasteiger partial charge in [0.25, 0.3) is 0 Å². The van der Waals surface area contributed by atoms with E-state index in [0.29, 0.717) is 29.6 Å². The summed E-state index contributed by atoms with van der Waals surface area (Å²) in [4.78, 5) is 13.8. The van der Waals surface area contributed by atoms with E-state index in [0.717, 1.165) is 5.56 Å². The van der Waals surface area contributed by atoms with Gasteiger partial charge in [-0.1, -0.05) is 36.2 Å².